The fourth-order valence-corrected chi connectivity index (χ4v) is 1.61. The van der Waals surface area contributed by atoms with Gasteiger partial charge in [-0.05, 0) is 38.5 Å². The van der Waals surface area contributed by atoms with E-state index in [1.807, 2.05) is 13.8 Å². The Morgan fingerprint density at radius 2 is 2.00 bits per heavy atom. The number of amides is 1. The summed E-state index contributed by atoms with van der Waals surface area (Å²) in [5, 5.41) is 2.76. The van der Waals surface area contributed by atoms with E-state index in [-0.39, 0.29) is 11.7 Å². The van der Waals surface area contributed by atoms with Crippen LogP contribution in [0.3, 0.4) is 0 Å². The Labute approximate surface area is 107 Å². The van der Waals surface area contributed by atoms with Gasteiger partial charge < -0.3 is 10.1 Å². The average molecular weight is 249 g/mol. The van der Waals surface area contributed by atoms with Crippen LogP contribution < -0.4 is 10.1 Å². The molecular formula is C14H19NO3. The monoisotopic (exact) mass is 249 g/mol. The van der Waals surface area contributed by atoms with Crippen LogP contribution in [-0.2, 0) is 4.79 Å². The predicted molar refractivity (Wildman–Crippen MR) is 71.2 cm³/mol. The summed E-state index contributed by atoms with van der Waals surface area (Å²) in [4.78, 5) is 23.0. The lowest BCUT2D eigenvalue weighted by Gasteiger charge is -2.10. The third kappa shape index (κ3) is 3.87. The standard InChI is InChI=1S/C14H19NO3/c1-4-6-14(17)15-11-7-8-13(18-5-2)12(9-11)10(3)16/h7-9H,4-6H2,1-3H3,(H,15,17). The second-order valence-corrected chi connectivity index (χ2v) is 4.00. The Hall–Kier alpha value is -1.84. The van der Waals surface area contributed by atoms with Crippen LogP contribution in [0.15, 0.2) is 18.2 Å². The van der Waals surface area contributed by atoms with Crippen molar-refractivity contribution in [3.63, 3.8) is 0 Å². The van der Waals surface area contributed by atoms with Gasteiger partial charge in [0.1, 0.15) is 5.75 Å². The zero-order valence-corrected chi connectivity index (χ0v) is 11.1. The van der Waals surface area contributed by atoms with Crippen molar-refractivity contribution < 1.29 is 14.3 Å². The molecule has 1 N–H and O–H groups in total. The number of hydrogen-bond acceptors (Lipinski definition) is 3. The van der Waals surface area contributed by atoms with Crippen molar-refractivity contribution in [2.24, 2.45) is 0 Å². The molecular weight excluding hydrogens is 230 g/mol. The van der Waals surface area contributed by atoms with Crippen molar-refractivity contribution in [1.29, 1.82) is 0 Å². The number of rotatable bonds is 6. The lowest BCUT2D eigenvalue weighted by molar-refractivity contribution is -0.116. The van der Waals surface area contributed by atoms with Gasteiger partial charge in [-0.2, -0.15) is 0 Å². The molecule has 1 aromatic carbocycles. The maximum atomic E-state index is 11.5. The van der Waals surface area contributed by atoms with Crippen molar-refractivity contribution in [2.75, 3.05) is 11.9 Å². The predicted octanol–water partition coefficient (Wildman–Crippen LogP) is 3.03. The van der Waals surface area contributed by atoms with E-state index in [4.69, 9.17) is 4.74 Å². The maximum Gasteiger partial charge on any atom is 0.224 e. The molecule has 18 heavy (non-hydrogen) atoms. The highest BCUT2D eigenvalue weighted by Crippen LogP contribution is 2.23. The van der Waals surface area contributed by atoms with Crippen molar-refractivity contribution in [3.8, 4) is 5.75 Å². The van der Waals surface area contributed by atoms with Gasteiger partial charge in [0.15, 0.2) is 5.78 Å². The zero-order chi connectivity index (χ0) is 13.5. The molecule has 1 amide bonds. The summed E-state index contributed by atoms with van der Waals surface area (Å²) in [7, 11) is 0. The van der Waals surface area contributed by atoms with Gasteiger partial charge in [-0.15, -0.1) is 0 Å². The van der Waals surface area contributed by atoms with E-state index < -0.39 is 0 Å². The Kier molecular flexibility index (Phi) is 5.36. The number of benzene rings is 1. The summed E-state index contributed by atoms with van der Waals surface area (Å²) >= 11 is 0. The zero-order valence-electron chi connectivity index (χ0n) is 11.1. The molecule has 0 atom stereocenters. The van der Waals surface area contributed by atoms with Gasteiger partial charge in [0, 0.05) is 12.1 Å². The van der Waals surface area contributed by atoms with Crippen LogP contribution in [0, 0.1) is 0 Å². The molecule has 4 nitrogen and oxygen atoms in total. The SMILES string of the molecule is CCCC(=O)Nc1ccc(OCC)c(C(C)=O)c1. The maximum absolute atomic E-state index is 11.5. The van der Waals surface area contributed by atoms with E-state index >= 15 is 0 Å². The fourth-order valence-electron chi connectivity index (χ4n) is 1.61. The molecule has 0 unspecified atom stereocenters. The van der Waals surface area contributed by atoms with Crippen LogP contribution in [0.5, 0.6) is 5.75 Å². The summed E-state index contributed by atoms with van der Waals surface area (Å²) < 4.78 is 5.37. The Bertz CT molecular complexity index is 441. The molecule has 98 valence electrons. The largest absolute Gasteiger partial charge is 0.493 e. The number of carbonyl (C=O) groups is 2. The normalized spacial score (nSPS) is 9.94. The summed E-state index contributed by atoms with van der Waals surface area (Å²) in [5.41, 5.74) is 1.12. The molecule has 0 saturated carbocycles. The summed E-state index contributed by atoms with van der Waals surface area (Å²) in [6, 6.07) is 5.10. The lowest BCUT2D eigenvalue weighted by Crippen LogP contribution is -2.11. The molecule has 1 aromatic rings. The molecule has 0 bridgehead atoms. The van der Waals surface area contributed by atoms with E-state index in [0.717, 1.165) is 6.42 Å². The number of anilines is 1. The molecule has 0 aliphatic rings. The van der Waals surface area contributed by atoms with Gasteiger partial charge >= 0.3 is 0 Å². The minimum Gasteiger partial charge on any atom is -0.493 e. The highest BCUT2D eigenvalue weighted by molar-refractivity contribution is 5.99. The lowest BCUT2D eigenvalue weighted by atomic mass is 10.1. The van der Waals surface area contributed by atoms with Crippen molar-refractivity contribution in [1.82, 2.24) is 0 Å². The first-order valence-electron chi connectivity index (χ1n) is 6.16. The highest BCUT2D eigenvalue weighted by Gasteiger charge is 2.10. The first-order valence-corrected chi connectivity index (χ1v) is 6.16. The Balaban J connectivity index is 2.92. The van der Waals surface area contributed by atoms with Gasteiger partial charge in [0.25, 0.3) is 0 Å². The van der Waals surface area contributed by atoms with Crippen LogP contribution in [0.2, 0.25) is 0 Å². The second kappa shape index (κ2) is 6.79. The van der Waals surface area contributed by atoms with E-state index in [0.29, 0.717) is 30.0 Å². The van der Waals surface area contributed by atoms with Crippen molar-refractivity contribution in [2.45, 2.75) is 33.6 Å². The molecule has 0 aliphatic heterocycles. The minimum absolute atomic E-state index is 0.0452. The van der Waals surface area contributed by atoms with Crippen LogP contribution in [0.4, 0.5) is 5.69 Å². The number of ether oxygens (including phenoxy) is 1. The summed E-state index contributed by atoms with van der Waals surface area (Å²) in [5.74, 6) is 0.430. The quantitative estimate of drug-likeness (QED) is 0.788. The minimum atomic E-state index is -0.0787. The highest BCUT2D eigenvalue weighted by atomic mass is 16.5. The van der Waals surface area contributed by atoms with Crippen LogP contribution in [0.1, 0.15) is 44.0 Å². The van der Waals surface area contributed by atoms with Crippen LogP contribution in [-0.4, -0.2) is 18.3 Å². The first-order chi connectivity index (χ1) is 8.58. The molecule has 0 aliphatic carbocycles. The average Bonchev–Trinajstić information content (AvgIpc) is 2.31. The van der Waals surface area contributed by atoms with Crippen LogP contribution in [0.25, 0.3) is 0 Å². The molecule has 0 aromatic heterocycles. The summed E-state index contributed by atoms with van der Waals surface area (Å²) in [6.45, 7) is 5.79. The third-order valence-corrected chi connectivity index (χ3v) is 2.42. The van der Waals surface area contributed by atoms with Crippen molar-refractivity contribution in [3.05, 3.63) is 23.8 Å². The first kappa shape index (κ1) is 14.2. The number of carbonyl (C=O) groups excluding carboxylic acids is 2. The van der Waals surface area contributed by atoms with Gasteiger partial charge in [0.2, 0.25) is 5.91 Å². The molecule has 0 fully saturated rings. The number of ketones is 1. The van der Waals surface area contributed by atoms with E-state index in [1.54, 1.807) is 18.2 Å². The van der Waals surface area contributed by atoms with Crippen LogP contribution >= 0.6 is 0 Å². The number of hydrogen-bond donors (Lipinski definition) is 1. The molecule has 0 heterocycles. The van der Waals surface area contributed by atoms with Gasteiger partial charge in [0.05, 0.1) is 12.2 Å². The summed E-state index contributed by atoms with van der Waals surface area (Å²) in [6.07, 6.45) is 1.27. The third-order valence-electron chi connectivity index (χ3n) is 2.42. The van der Waals surface area contributed by atoms with Gasteiger partial charge in [-0.1, -0.05) is 6.92 Å². The smallest absolute Gasteiger partial charge is 0.224 e. The second-order valence-electron chi connectivity index (χ2n) is 4.00. The van der Waals surface area contributed by atoms with Gasteiger partial charge in [-0.25, -0.2) is 0 Å². The molecule has 0 saturated heterocycles. The molecule has 0 spiro atoms. The van der Waals surface area contributed by atoms with E-state index in [1.165, 1.54) is 6.92 Å². The Morgan fingerprint density at radius 1 is 1.28 bits per heavy atom. The van der Waals surface area contributed by atoms with Gasteiger partial charge in [-0.3, -0.25) is 9.59 Å². The molecule has 0 radical (unpaired) electrons. The Morgan fingerprint density at radius 3 is 2.56 bits per heavy atom. The van der Waals surface area contributed by atoms with E-state index in [2.05, 4.69) is 5.32 Å². The van der Waals surface area contributed by atoms with Crippen molar-refractivity contribution >= 4 is 17.4 Å². The topological polar surface area (TPSA) is 55.4 Å². The molecule has 4 heteroatoms. The number of Topliss-reactive ketones (excluding diaryl/α,β-unsaturated/α-hetero) is 1. The van der Waals surface area contributed by atoms with E-state index in [9.17, 15) is 9.59 Å². The number of nitrogens with one attached hydrogen (secondary N) is 1. The molecule has 1 rings (SSSR count). The fraction of sp³-hybridized carbons (Fsp3) is 0.429.